The normalized spacial score (nSPS) is 18.6. The topological polar surface area (TPSA) is 59.6 Å². The molecule has 0 unspecified atom stereocenters. The van der Waals surface area contributed by atoms with E-state index in [2.05, 4.69) is 10.6 Å². The van der Waals surface area contributed by atoms with Crippen molar-refractivity contribution in [3.05, 3.63) is 39.8 Å². The monoisotopic (exact) mass is 372 g/mol. The molecule has 0 saturated heterocycles. The minimum Gasteiger partial charge on any atom is -0.493 e. The van der Waals surface area contributed by atoms with Crippen LogP contribution in [0.4, 0.5) is 5.00 Å². The Hall–Kier alpha value is -2.21. The number of carbonyl (C=O) groups is 1. The first-order valence-corrected chi connectivity index (χ1v) is 9.95. The molecule has 5 nitrogen and oxygen atoms in total. The van der Waals surface area contributed by atoms with Gasteiger partial charge in [0.05, 0.1) is 18.8 Å². The Morgan fingerprint density at radius 3 is 2.73 bits per heavy atom. The summed E-state index contributed by atoms with van der Waals surface area (Å²) in [6.07, 6.45) is 4.28. The van der Waals surface area contributed by atoms with Crippen LogP contribution in [-0.2, 0) is 12.8 Å². The molecular weight excluding hydrogens is 348 g/mol. The van der Waals surface area contributed by atoms with Crippen LogP contribution in [-0.4, -0.2) is 19.1 Å². The second-order valence-corrected chi connectivity index (χ2v) is 8.15. The Morgan fingerprint density at radius 1 is 1.15 bits per heavy atom. The summed E-state index contributed by atoms with van der Waals surface area (Å²) in [6, 6.07) is 5.79. The van der Waals surface area contributed by atoms with E-state index in [1.807, 2.05) is 32.0 Å². The molecule has 1 amide bonds. The molecule has 0 fully saturated rings. The minimum absolute atomic E-state index is 0.0182. The third-order valence-electron chi connectivity index (χ3n) is 4.83. The molecule has 6 heteroatoms. The number of thiophene rings is 1. The molecule has 0 saturated carbocycles. The van der Waals surface area contributed by atoms with Gasteiger partial charge in [0.2, 0.25) is 0 Å². The van der Waals surface area contributed by atoms with Crippen molar-refractivity contribution in [2.75, 3.05) is 12.4 Å². The highest BCUT2D eigenvalue weighted by atomic mass is 32.1. The van der Waals surface area contributed by atoms with Gasteiger partial charge in [-0.1, -0.05) is 6.07 Å². The van der Waals surface area contributed by atoms with E-state index in [-0.39, 0.29) is 18.2 Å². The molecule has 4 rings (SSSR count). The van der Waals surface area contributed by atoms with Gasteiger partial charge in [0.1, 0.15) is 11.2 Å². The lowest BCUT2D eigenvalue weighted by Crippen LogP contribution is -2.38. The van der Waals surface area contributed by atoms with Crippen LogP contribution in [0.5, 0.6) is 11.5 Å². The van der Waals surface area contributed by atoms with Gasteiger partial charge in [-0.2, -0.15) is 0 Å². The van der Waals surface area contributed by atoms with Gasteiger partial charge in [0, 0.05) is 4.88 Å². The highest BCUT2D eigenvalue weighted by Gasteiger charge is 2.32. The van der Waals surface area contributed by atoms with Crippen LogP contribution in [0, 0.1) is 0 Å². The summed E-state index contributed by atoms with van der Waals surface area (Å²) in [5.74, 6) is 1.40. The minimum atomic E-state index is -0.267. The second-order valence-electron chi connectivity index (χ2n) is 7.04. The number of carbonyl (C=O) groups excluding carboxylic acids is 1. The Bertz CT molecular complexity index is 844. The predicted octanol–water partition coefficient (Wildman–Crippen LogP) is 4.28. The number of hydrogen-bond acceptors (Lipinski definition) is 5. The van der Waals surface area contributed by atoms with Crippen LogP contribution in [0.1, 0.15) is 59.2 Å². The van der Waals surface area contributed by atoms with E-state index in [9.17, 15) is 4.79 Å². The molecule has 2 N–H and O–H groups in total. The maximum absolute atomic E-state index is 12.8. The average Bonchev–Trinajstić information content (AvgIpc) is 3.00. The smallest absolute Gasteiger partial charge is 0.256 e. The van der Waals surface area contributed by atoms with Gasteiger partial charge in [-0.25, -0.2) is 0 Å². The molecule has 1 aliphatic heterocycles. The van der Waals surface area contributed by atoms with E-state index >= 15 is 0 Å². The van der Waals surface area contributed by atoms with Crippen molar-refractivity contribution in [3.8, 4) is 11.5 Å². The largest absolute Gasteiger partial charge is 0.493 e. The molecule has 2 aliphatic rings. The van der Waals surface area contributed by atoms with Gasteiger partial charge in [-0.15, -0.1) is 11.3 Å². The van der Waals surface area contributed by atoms with Gasteiger partial charge >= 0.3 is 0 Å². The fourth-order valence-corrected chi connectivity index (χ4v) is 4.97. The van der Waals surface area contributed by atoms with Crippen molar-refractivity contribution in [1.82, 2.24) is 5.32 Å². The molecule has 1 aromatic carbocycles. The van der Waals surface area contributed by atoms with E-state index in [1.54, 1.807) is 18.4 Å². The number of ether oxygens (including phenoxy) is 2. The molecule has 1 atom stereocenters. The van der Waals surface area contributed by atoms with E-state index in [0.717, 1.165) is 29.0 Å². The van der Waals surface area contributed by atoms with E-state index in [0.29, 0.717) is 11.5 Å². The van der Waals surface area contributed by atoms with Crippen molar-refractivity contribution in [1.29, 1.82) is 0 Å². The maximum atomic E-state index is 12.8. The number of benzene rings is 1. The second kappa shape index (κ2) is 6.83. The van der Waals surface area contributed by atoms with Crippen LogP contribution in [0.3, 0.4) is 0 Å². The van der Waals surface area contributed by atoms with Gasteiger partial charge in [-0.05, 0) is 62.8 Å². The van der Waals surface area contributed by atoms with Crippen LogP contribution in [0.15, 0.2) is 18.2 Å². The van der Waals surface area contributed by atoms with Crippen molar-refractivity contribution < 1.29 is 14.3 Å². The first-order valence-electron chi connectivity index (χ1n) is 9.13. The summed E-state index contributed by atoms with van der Waals surface area (Å²) in [6.45, 7) is 3.96. The van der Waals surface area contributed by atoms with Crippen LogP contribution < -0.4 is 20.1 Å². The van der Waals surface area contributed by atoms with Crippen molar-refractivity contribution in [2.45, 2.75) is 51.8 Å². The number of rotatable bonds is 4. The number of anilines is 1. The number of nitrogens with one attached hydrogen (secondary N) is 2. The predicted molar refractivity (Wildman–Crippen MR) is 104 cm³/mol. The quantitative estimate of drug-likeness (QED) is 0.841. The molecule has 0 bridgehead atoms. The summed E-state index contributed by atoms with van der Waals surface area (Å²) >= 11 is 1.73. The molecule has 0 radical (unpaired) electrons. The number of amides is 1. The summed E-state index contributed by atoms with van der Waals surface area (Å²) < 4.78 is 11.3. The number of methoxy groups -OCH3 is 1. The third kappa shape index (κ3) is 3.03. The summed E-state index contributed by atoms with van der Waals surface area (Å²) in [4.78, 5) is 14.1. The van der Waals surface area contributed by atoms with Crippen molar-refractivity contribution in [3.63, 3.8) is 0 Å². The van der Waals surface area contributed by atoms with Crippen molar-refractivity contribution in [2.24, 2.45) is 0 Å². The molecular formula is C20H24N2O3S. The van der Waals surface area contributed by atoms with Gasteiger partial charge in [-0.3, -0.25) is 4.79 Å². The summed E-state index contributed by atoms with van der Waals surface area (Å²) in [5.41, 5.74) is 3.05. The number of hydrogen-bond donors (Lipinski definition) is 2. The van der Waals surface area contributed by atoms with Crippen LogP contribution in [0.2, 0.25) is 0 Å². The van der Waals surface area contributed by atoms with Crippen molar-refractivity contribution >= 4 is 22.2 Å². The molecule has 0 spiro atoms. The third-order valence-corrected chi connectivity index (χ3v) is 6.06. The molecule has 2 aromatic rings. The lowest BCUT2D eigenvalue weighted by Gasteiger charge is -2.27. The Kier molecular flexibility index (Phi) is 4.53. The lowest BCUT2D eigenvalue weighted by atomic mass is 9.94. The SMILES string of the molecule is COc1cc([C@H]2NC(=O)c3c(sc4c3CCCC4)N2)ccc1OC(C)C. The van der Waals surface area contributed by atoms with Gasteiger partial charge in [0.25, 0.3) is 5.91 Å². The Balaban J connectivity index is 1.64. The average molecular weight is 372 g/mol. The van der Waals surface area contributed by atoms with Crippen LogP contribution in [0.25, 0.3) is 0 Å². The van der Waals surface area contributed by atoms with Crippen LogP contribution >= 0.6 is 11.3 Å². The molecule has 2 heterocycles. The molecule has 26 heavy (non-hydrogen) atoms. The Labute approximate surface area is 157 Å². The van der Waals surface area contributed by atoms with E-state index < -0.39 is 0 Å². The fraction of sp³-hybridized carbons (Fsp3) is 0.450. The summed E-state index contributed by atoms with van der Waals surface area (Å²) in [7, 11) is 1.63. The standard InChI is InChI=1S/C20H24N2O3S/c1-11(2)25-14-9-8-12(10-15(14)24-3)18-21-19(23)17-13-6-4-5-7-16(13)26-20(17)22-18/h8-11,18,22H,4-7H2,1-3H3,(H,21,23)/t18-/m0/s1. The van der Waals surface area contributed by atoms with E-state index in [4.69, 9.17) is 9.47 Å². The fourth-order valence-electron chi connectivity index (χ4n) is 3.66. The van der Waals surface area contributed by atoms with E-state index in [1.165, 1.54) is 23.3 Å². The lowest BCUT2D eigenvalue weighted by molar-refractivity contribution is 0.0935. The first-order chi connectivity index (χ1) is 12.6. The number of aryl methyl sites for hydroxylation is 1. The molecule has 1 aromatic heterocycles. The summed E-state index contributed by atoms with van der Waals surface area (Å²) in [5, 5.41) is 7.59. The maximum Gasteiger partial charge on any atom is 0.256 e. The zero-order valence-electron chi connectivity index (χ0n) is 15.3. The highest BCUT2D eigenvalue weighted by molar-refractivity contribution is 7.16. The highest BCUT2D eigenvalue weighted by Crippen LogP contribution is 2.42. The first kappa shape index (κ1) is 17.2. The molecule has 138 valence electrons. The van der Waals surface area contributed by atoms with Gasteiger partial charge < -0.3 is 20.1 Å². The van der Waals surface area contributed by atoms with Gasteiger partial charge in [0.15, 0.2) is 11.5 Å². The Morgan fingerprint density at radius 2 is 1.96 bits per heavy atom. The molecule has 1 aliphatic carbocycles. The zero-order valence-corrected chi connectivity index (χ0v) is 16.2. The zero-order chi connectivity index (χ0) is 18.3. The number of fused-ring (bicyclic) bond motifs is 3.